The molecule has 0 aliphatic heterocycles. The monoisotopic (exact) mass is 288 g/mol. The van der Waals surface area contributed by atoms with E-state index in [-0.39, 0.29) is 12.1 Å². The number of hydrogen-bond acceptors (Lipinski definition) is 3. The minimum absolute atomic E-state index is 0.209. The number of halogens is 1. The van der Waals surface area contributed by atoms with Gasteiger partial charge in [0, 0.05) is 23.9 Å². The maximum absolute atomic E-state index is 13.9. The third-order valence-corrected chi connectivity index (χ3v) is 3.23. The van der Waals surface area contributed by atoms with Gasteiger partial charge in [0.15, 0.2) is 0 Å². The van der Waals surface area contributed by atoms with Gasteiger partial charge in [-0.1, -0.05) is 37.6 Å². The lowest BCUT2D eigenvalue weighted by molar-refractivity contribution is -0.387. The van der Waals surface area contributed by atoms with Crippen molar-refractivity contribution in [3.8, 4) is 0 Å². The molecule has 0 amide bonds. The smallest absolute Gasteiger partial charge is 0.305 e. The van der Waals surface area contributed by atoms with E-state index in [4.69, 9.17) is 0 Å². The number of benzene rings is 2. The quantitative estimate of drug-likeness (QED) is 0.637. The fourth-order valence-corrected chi connectivity index (χ4v) is 2.12. The van der Waals surface area contributed by atoms with Gasteiger partial charge in [0.05, 0.1) is 4.92 Å². The average Bonchev–Trinajstić information content (AvgIpc) is 2.48. The van der Waals surface area contributed by atoms with Gasteiger partial charge in [-0.05, 0) is 24.1 Å². The first-order chi connectivity index (χ1) is 10.1. The van der Waals surface area contributed by atoms with Crippen molar-refractivity contribution in [2.24, 2.45) is 0 Å². The zero-order valence-corrected chi connectivity index (χ0v) is 11.8. The Balaban J connectivity index is 2.06. The van der Waals surface area contributed by atoms with Crippen LogP contribution in [0.4, 0.5) is 15.8 Å². The minimum atomic E-state index is -0.780. The molecular formula is C16H17FN2O2. The van der Waals surface area contributed by atoms with Crippen LogP contribution in [-0.4, -0.2) is 4.92 Å². The predicted molar refractivity (Wildman–Crippen MR) is 80.8 cm³/mol. The third-order valence-electron chi connectivity index (χ3n) is 3.23. The van der Waals surface area contributed by atoms with Crippen molar-refractivity contribution < 1.29 is 9.31 Å². The van der Waals surface area contributed by atoms with E-state index in [1.54, 1.807) is 6.07 Å². The molecule has 2 rings (SSSR count). The highest BCUT2D eigenvalue weighted by atomic mass is 19.1. The van der Waals surface area contributed by atoms with Crippen LogP contribution >= 0.6 is 0 Å². The topological polar surface area (TPSA) is 55.2 Å². The Bertz CT molecular complexity index is 627. The molecule has 0 aliphatic carbocycles. The second-order valence-corrected chi connectivity index (χ2v) is 4.81. The standard InChI is InChI=1S/C16H17FN2O2/c1-2-4-12-7-9-14(10-8-12)18-11-13-5-3-6-15(16(13)17)19(20)21/h3,5-10,18H,2,4,11H2,1H3. The summed E-state index contributed by atoms with van der Waals surface area (Å²) in [6, 6.07) is 12.1. The van der Waals surface area contributed by atoms with Crippen LogP contribution in [0.5, 0.6) is 0 Å². The van der Waals surface area contributed by atoms with Gasteiger partial charge in [-0.15, -0.1) is 0 Å². The molecule has 110 valence electrons. The number of nitrogens with zero attached hydrogens (tertiary/aromatic N) is 1. The summed E-state index contributed by atoms with van der Waals surface area (Å²) in [7, 11) is 0. The second-order valence-electron chi connectivity index (χ2n) is 4.81. The van der Waals surface area contributed by atoms with E-state index in [2.05, 4.69) is 12.2 Å². The number of nitrogens with one attached hydrogen (secondary N) is 1. The molecule has 0 saturated heterocycles. The molecule has 0 aliphatic rings. The molecule has 0 unspecified atom stereocenters. The fourth-order valence-electron chi connectivity index (χ4n) is 2.12. The summed E-state index contributed by atoms with van der Waals surface area (Å²) in [5.41, 5.74) is 1.90. The molecule has 0 saturated carbocycles. The summed E-state index contributed by atoms with van der Waals surface area (Å²) in [5, 5.41) is 13.8. The van der Waals surface area contributed by atoms with Crippen molar-refractivity contribution in [1.82, 2.24) is 0 Å². The number of anilines is 1. The molecule has 2 aromatic rings. The normalized spacial score (nSPS) is 10.4. The largest absolute Gasteiger partial charge is 0.381 e. The molecule has 0 bridgehead atoms. The van der Waals surface area contributed by atoms with E-state index in [9.17, 15) is 14.5 Å². The first-order valence-corrected chi connectivity index (χ1v) is 6.86. The molecule has 0 aromatic heterocycles. The van der Waals surface area contributed by atoms with Crippen LogP contribution in [0, 0.1) is 15.9 Å². The summed E-state index contributed by atoms with van der Waals surface area (Å²) in [4.78, 5) is 9.98. The molecule has 0 fully saturated rings. The van der Waals surface area contributed by atoms with Crippen LogP contribution < -0.4 is 5.32 Å². The van der Waals surface area contributed by atoms with Crippen LogP contribution in [-0.2, 0) is 13.0 Å². The maximum Gasteiger partial charge on any atom is 0.305 e. The second kappa shape index (κ2) is 6.83. The Labute approximate surface area is 122 Å². The number of aryl methyl sites for hydroxylation is 1. The van der Waals surface area contributed by atoms with Gasteiger partial charge >= 0.3 is 5.69 Å². The Hall–Kier alpha value is -2.43. The lowest BCUT2D eigenvalue weighted by Gasteiger charge is -2.08. The molecule has 21 heavy (non-hydrogen) atoms. The molecular weight excluding hydrogens is 271 g/mol. The van der Waals surface area contributed by atoms with E-state index in [0.29, 0.717) is 0 Å². The lowest BCUT2D eigenvalue weighted by atomic mass is 10.1. The maximum atomic E-state index is 13.9. The zero-order chi connectivity index (χ0) is 15.2. The first-order valence-electron chi connectivity index (χ1n) is 6.86. The molecule has 0 spiro atoms. The van der Waals surface area contributed by atoms with Crippen molar-refractivity contribution in [1.29, 1.82) is 0 Å². The van der Waals surface area contributed by atoms with Gasteiger partial charge in [-0.25, -0.2) is 0 Å². The summed E-state index contributed by atoms with van der Waals surface area (Å²) in [6.45, 7) is 2.33. The number of hydrogen-bond donors (Lipinski definition) is 1. The molecule has 0 heterocycles. The Kier molecular flexibility index (Phi) is 4.87. The highest BCUT2D eigenvalue weighted by molar-refractivity contribution is 5.46. The van der Waals surface area contributed by atoms with Gasteiger partial charge in [0.2, 0.25) is 5.82 Å². The fraction of sp³-hybridized carbons (Fsp3) is 0.250. The van der Waals surface area contributed by atoms with Gasteiger partial charge < -0.3 is 5.32 Å². The van der Waals surface area contributed by atoms with Crippen LogP contribution in [0.1, 0.15) is 24.5 Å². The van der Waals surface area contributed by atoms with Crippen molar-refractivity contribution >= 4 is 11.4 Å². The van der Waals surface area contributed by atoms with Crippen LogP contribution in [0.15, 0.2) is 42.5 Å². The summed E-state index contributed by atoms with van der Waals surface area (Å²) < 4.78 is 13.9. The van der Waals surface area contributed by atoms with Crippen molar-refractivity contribution in [3.63, 3.8) is 0 Å². The molecule has 0 atom stereocenters. The molecule has 4 nitrogen and oxygen atoms in total. The highest BCUT2D eigenvalue weighted by Crippen LogP contribution is 2.21. The zero-order valence-electron chi connectivity index (χ0n) is 11.8. The predicted octanol–water partition coefficient (Wildman–Crippen LogP) is 4.30. The summed E-state index contributed by atoms with van der Waals surface area (Å²) >= 11 is 0. The van der Waals surface area contributed by atoms with Crippen molar-refractivity contribution in [2.45, 2.75) is 26.3 Å². The Morgan fingerprint density at radius 1 is 1.19 bits per heavy atom. The van der Waals surface area contributed by atoms with Gasteiger partial charge in [-0.3, -0.25) is 10.1 Å². The van der Waals surface area contributed by atoms with E-state index in [0.717, 1.165) is 18.5 Å². The molecule has 1 N–H and O–H groups in total. The summed E-state index contributed by atoms with van der Waals surface area (Å²) in [5.74, 6) is -0.780. The van der Waals surface area contributed by atoms with Crippen molar-refractivity contribution in [3.05, 3.63) is 69.5 Å². The molecule has 2 aromatic carbocycles. The van der Waals surface area contributed by atoms with E-state index >= 15 is 0 Å². The van der Waals surface area contributed by atoms with Crippen LogP contribution in [0.2, 0.25) is 0 Å². The third kappa shape index (κ3) is 3.78. The number of nitro benzene ring substituents is 1. The van der Waals surface area contributed by atoms with Gasteiger partial charge in [0.25, 0.3) is 0 Å². The summed E-state index contributed by atoms with van der Waals surface area (Å²) in [6.07, 6.45) is 2.12. The molecule has 0 radical (unpaired) electrons. The minimum Gasteiger partial charge on any atom is -0.381 e. The lowest BCUT2D eigenvalue weighted by Crippen LogP contribution is -2.04. The highest BCUT2D eigenvalue weighted by Gasteiger charge is 2.16. The average molecular weight is 288 g/mol. The van der Waals surface area contributed by atoms with E-state index in [1.807, 2.05) is 24.3 Å². The first kappa shape index (κ1) is 15.0. The Morgan fingerprint density at radius 2 is 1.90 bits per heavy atom. The van der Waals surface area contributed by atoms with E-state index < -0.39 is 16.4 Å². The molecule has 5 heteroatoms. The number of rotatable bonds is 6. The van der Waals surface area contributed by atoms with Gasteiger partial charge in [-0.2, -0.15) is 4.39 Å². The van der Waals surface area contributed by atoms with Crippen LogP contribution in [0.25, 0.3) is 0 Å². The SMILES string of the molecule is CCCc1ccc(NCc2cccc([N+](=O)[O-])c2F)cc1. The Morgan fingerprint density at radius 3 is 2.52 bits per heavy atom. The van der Waals surface area contributed by atoms with Crippen molar-refractivity contribution in [2.75, 3.05) is 5.32 Å². The number of nitro groups is 1. The van der Waals surface area contributed by atoms with Crippen LogP contribution in [0.3, 0.4) is 0 Å². The van der Waals surface area contributed by atoms with E-state index in [1.165, 1.54) is 17.7 Å². The van der Waals surface area contributed by atoms with Gasteiger partial charge in [0.1, 0.15) is 0 Å².